The van der Waals surface area contributed by atoms with Crippen LogP contribution in [0.15, 0.2) is 23.1 Å². The average Bonchev–Trinajstić information content (AvgIpc) is 3.08. The summed E-state index contributed by atoms with van der Waals surface area (Å²) in [6.07, 6.45) is 0.462. The number of nitrogens with one attached hydrogen (secondary N) is 1. The van der Waals surface area contributed by atoms with Gasteiger partial charge in [-0.2, -0.15) is 4.31 Å². The van der Waals surface area contributed by atoms with E-state index >= 15 is 0 Å². The number of carbonyl (C=O) groups excluding carboxylic acids is 2. The van der Waals surface area contributed by atoms with E-state index in [4.69, 9.17) is 4.74 Å². The summed E-state index contributed by atoms with van der Waals surface area (Å²) in [5.74, 6) is -1.28. The molecule has 1 aromatic carbocycles. The Morgan fingerprint density at radius 3 is 2.48 bits per heavy atom. The van der Waals surface area contributed by atoms with Crippen molar-refractivity contribution < 1.29 is 27.9 Å². The van der Waals surface area contributed by atoms with Gasteiger partial charge in [0, 0.05) is 19.0 Å². The topological polar surface area (TPSA) is 113 Å². The number of rotatable bonds is 8. The van der Waals surface area contributed by atoms with Crippen molar-refractivity contribution in [1.29, 1.82) is 0 Å². The molecule has 162 valence electrons. The zero-order valence-electron chi connectivity index (χ0n) is 17.3. The van der Waals surface area contributed by atoms with Gasteiger partial charge >= 0.3 is 5.97 Å². The largest absolute Gasteiger partial charge is 0.454 e. The van der Waals surface area contributed by atoms with Crippen LogP contribution in [0.4, 0.5) is 0 Å². The van der Waals surface area contributed by atoms with Gasteiger partial charge in [-0.1, -0.05) is 19.9 Å². The van der Waals surface area contributed by atoms with Crippen molar-refractivity contribution in [1.82, 2.24) is 9.62 Å². The first-order chi connectivity index (χ1) is 13.6. The van der Waals surface area contributed by atoms with E-state index in [9.17, 15) is 23.1 Å². The molecule has 2 N–H and O–H groups in total. The number of amides is 1. The highest BCUT2D eigenvalue weighted by Gasteiger charge is 2.44. The van der Waals surface area contributed by atoms with Crippen LogP contribution in [0.3, 0.4) is 0 Å². The normalized spacial score (nSPS) is 20.1. The minimum absolute atomic E-state index is 0.00356. The third-order valence-electron chi connectivity index (χ3n) is 5.29. The summed E-state index contributed by atoms with van der Waals surface area (Å²) < 4.78 is 32.1. The molecule has 0 aromatic heterocycles. The lowest BCUT2D eigenvalue weighted by molar-refractivity contribution is -0.151. The minimum Gasteiger partial charge on any atom is -0.454 e. The molecule has 0 radical (unpaired) electrons. The Morgan fingerprint density at radius 2 is 1.90 bits per heavy atom. The van der Waals surface area contributed by atoms with Gasteiger partial charge in [0.25, 0.3) is 5.91 Å². The lowest BCUT2D eigenvalue weighted by Crippen LogP contribution is -2.43. The molecule has 1 saturated heterocycles. The quantitative estimate of drug-likeness (QED) is 0.606. The number of β-amino-alcohol motifs (C(OH)–C–C–N with tert-alkyl or cyclic N) is 1. The van der Waals surface area contributed by atoms with Crippen LogP contribution >= 0.6 is 0 Å². The maximum absolute atomic E-state index is 13.0. The number of benzene rings is 1. The first-order valence-electron chi connectivity index (χ1n) is 9.83. The molecule has 8 nitrogen and oxygen atoms in total. The molecule has 2 atom stereocenters. The van der Waals surface area contributed by atoms with Crippen LogP contribution in [0.5, 0.6) is 0 Å². The smallest absolute Gasteiger partial charge is 0.325 e. The highest BCUT2D eigenvalue weighted by molar-refractivity contribution is 7.89. The van der Waals surface area contributed by atoms with E-state index in [-0.39, 0.29) is 23.9 Å². The number of sulfonamides is 1. The lowest BCUT2D eigenvalue weighted by Gasteiger charge is -2.23. The summed E-state index contributed by atoms with van der Waals surface area (Å²) in [6, 6.07) is 3.55. The number of hydrogen-bond donors (Lipinski definition) is 2. The summed E-state index contributed by atoms with van der Waals surface area (Å²) in [5, 5.41) is 12.7. The van der Waals surface area contributed by atoms with Gasteiger partial charge in [0.05, 0.1) is 11.0 Å². The summed E-state index contributed by atoms with van der Waals surface area (Å²) in [6.45, 7) is 6.87. The van der Waals surface area contributed by atoms with Crippen molar-refractivity contribution in [3.8, 4) is 0 Å². The second-order valence-electron chi connectivity index (χ2n) is 7.41. The Bertz CT molecular complexity index is 851. The molecule has 29 heavy (non-hydrogen) atoms. The third kappa shape index (κ3) is 5.55. The number of nitrogens with zero attached hydrogens (tertiary/aromatic N) is 1. The van der Waals surface area contributed by atoms with Crippen molar-refractivity contribution in [2.75, 3.05) is 13.2 Å². The highest BCUT2D eigenvalue weighted by Crippen LogP contribution is 2.28. The first-order valence-corrected chi connectivity index (χ1v) is 11.3. The van der Waals surface area contributed by atoms with Crippen LogP contribution in [0, 0.1) is 13.8 Å². The van der Waals surface area contributed by atoms with Gasteiger partial charge < -0.3 is 15.2 Å². The molecular weight excluding hydrogens is 396 g/mol. The number of aryl methyl sites for hydroxylation is 2. The molecule has 0 spiro atoms. The number of carbonyl (C=O) groups is 2. The monoisotopic (exact) mass is 426 g/mol. The van der Waals surface area contributed by atoms with Crippen LogP contribution in [-0.4, -0.2) is 61.0 Å². The lowest BCUT2D eigenvalue weighted by atomic mass is 10.1. The van der Waals surface area contributed by atoms with Crippen molar-refractivity contribution in [3.05, 3.63) is 29.3 Å². The standard InChI is InChI=1S/C20H30N2O6S/c1-5-15(6-2)21-19(24)12-28-20(25)18-10-16(23)11-22(18)29(26,27)17-8-7-13(3)14(4)9-17/h7-9,15-16,18,23H,5-6,10-12H2,1-4H3,(H,21,24)/t16-,18-/m0/s1. The average molecular weight is 427 g/mol. The van der Waals surface area contributed by atoms with Gasteiger partial charge in [-0.15, -0.1) is 0 Å². The van der Waals surface area contributed by atoms with E-state index in [0.717, 1.165) is 28.3 Å². The number of esters is 1. The Hall–Kier alpha value is -1.97. The van der Waals surface area contributed by atoms with E-state index in [1.54, 1.807) is 19.1 Å². The Kier molecular flexibility index (Phi) is 7.79. The van der Waals surface area contributed by atoms with E-state index in [1.807, 2.05) is 20.8 Å². The zero-order valence-corrected chi connectivity index (χ0v) is 18.2. The van der Waals surface area contributed by atoms with Gasteiger partial charge in [-0.3, -0.25) is 9.59 Å². The van der Waals surface area contributed by atoms with E-state index in [2.05, 4.69) is 5.32 Å². The molecule has 0 bridgehead atoms. The van der Waals surface area contributed by atoms with Gasteiger partial charge in [-0.05, 0) is 49.9 Å². The predicted molar refractivity (Wildman–Crippen MR) is 108 cm³/mol. The highest BCUT2D eigenvalue weighted by atomic mass is 32.2. The van der Waals surface area contributed by atoms with Crippen LogP contribution in [0.1, 0.15) is 44.2 Å². The molecule has 1 amide bonds. The second kappa shape index (κ2) is 9.69. The molecular formula is C20H30N2O6S. The summed E-state index contributed by atoms with van der Waals surface area (Å²) >= 11 is 0. The summed E-state index contributed by atoms with van der Waals surface area (Å²) in [4.78, 5) is 24.5. The van der Waals surface area contributed by atoms with E-state index < -0.39 is 40.7 Å². The van der Waals surface area contributed by atoms with E-state index in [1.165, 1.54) is 6.07 Å². The summed E-state index contributed by atoms with van der Waals surface area (Å²) in [5.41, 5.74) is 1.76. The van der Waals surface area contributed by atoms with Gasteiger partial charge in [0.2, 0.25) is 10.0 Å². The molecule has 1 aliphatic rings. The second-order valence-corrected chi connectivity index (χ2v) is 9.31. The minimum atomic E-state index is -4.00. The molecule has 1 aromatic rings. The fourth-order valence-electron chi connectivity index (χ4n) is 3.27. The molecule has 0 saturated carbocycles. The molecule has 1 heterocycles. The van der Waals surface area contributed by atoms with Crippen molar-refractivity contribution in [2.45, 2.75) is 70.0 Å². The SMILES string of the molecule is CCC(CC)NC(=O)COC(=O)[C@@H]1C[C@H](O)CN1S(=O)(=O)c1ccc(C)c(C)c1. The number of aliphatic hydroxyl groups is 1. The predicted octanol–water partition coefficient (Wildman–Crippen LogP) is 1.28. The van der Waals surface area contributed by atoms with Crippen molar-refractivity contribution in [2.24, 2.45) is 0 Å². The number of aliphatic hydroxyl groups excluding tert-OH is 1. The fraction of sp³-hybridized carbons (Fsp3) is 0.600. The van der Waals surface area contributed by atoms with Crippen LogP contribution in [0.2, 0.25) is 0 Å². The summed E-state index contributed by atoms with van der Waals surface area (Å²) in [7, 11) is -4.00. The first kappa shape index (κ1) is 23.3. The molecule has 0 unspecified atom stereocenters. The van der Waals surface area contributed by atoms with Gasteiger partial charge in [-0.25, -0.2) is 8.42 Å². The van der Waals surface area contributed by atoms with Crippen LogP contribution in [0.25, 0.3) is 0 Å². The third-order valence-corrected chi connectivity index (χ3v) is 7.16. The molecule has 1 fully saturated rings. The molecule has 1 aliphatic heterocycles. The van der Waals surface area contributed by atoms with Gasteiger partial charge in [0.1, 0.15) is 6.04 Å². The Balaban J connectivity index is 2.11. The van der Waals surface area contributed by atoms with E-state index in [0.29, 0.717) is 0 Å². The molecule has 9 heteroatoms. The fourth-order valence-corrected chi connectivity index (χ4v) is 4.98. The zero-order chi connectivity index (χ0) is 21.8. The Morgan fingerprint density at radius 1 is 1.24 bits per heavy atom. The van der Waals surface area contributed by atoms with Crippen molar-refractivity contribution >= 4 is 21.9 Å². The van der Waals surface area contributed by atoms with Crippen molar-refractivity contribution in [3.63, 3.8) is 0 Å². The van der Waals surface area contributed by atoms with Crippen LogP contribution in [-0.2, 0) is 24.3 Å². The molecule has 0 aliphatic carbocycles. The number of hydrogen-bond acceptors (Lipinski definition) is 6. The maximum atomic E-state index is 13.0. The number of ether oxygens (including phenoxy) is 1. The molecule has 2 rings (SSSR count). The van der Waals surface area contributed by atoms with Crippen LogP contribution < -0.4 is 5.32 Å². The maximum Gasteiger partial charge on any atom is 0.325 e. The Labute approximate surface area is 172 Å². The van der Waals surface area contributed by atoms with Gasteiger partial charge in [0.15, 0.2) is 6.61 Å².